The molecule has 0 radical (unpaired) electrons. The maximum atomic E-state index is 3.54. The van der Waals surface area contributed by atoms with Crippen molar-refractivity contribution in [2.75, 3.05) is 13.1 Å². The van der Waals surface area contributed by atoms with E-state index in [2.05, 4.69) is 73.2 Å². The molecule has 0 aliphatic heterocycles. The Balaban J connectivity index is 2.39. The summed E-state index contributed by atoms with van der Waals surface area (Å²) in [7, 11) is 0. The fourth-order valence-corrected chi connectivity index (χ4v) is 2.55. The van der Waals surface area contributed by atoms with Gasteiger partial charge in [0.15, 0.2) is 0 Å². The standard InChI is InChI=1S/C16H26BrN/c1-13(2)12-18-9-8-16(3,4)11-14-6-5-7-15(17)10-14/h5-7,10,13,18H,8-9,11-12H2,1-4H3. The first-order valence-corrected chi connectivity index (χ1v) is 7.63. The molecule has 18 heavy (non-hydrogen) atoms. The second kappa shape index (κ2) is 7.30. The molecule has 1 aromatic rings. The molecule has 1 nitrogen and oxygen atoms in total. The highest BCUT2D eigenvalue weighted by Gasteiger charge is 2.18. The Morgan fingerprint density at radius 2 is 2.00 bits per heavy atom. The second-order valence-corrected chi connectivity index (χ2v) is 7.23. The van der Waals surface area contributed by atoms with Crippen LogP contribution in [0.5, 0.6) is 0 Å². The van der Waals surface area contributed by atoms with Gasteiger partial charge >= 0.3 is 0 Å². The Morgan fingerprint density at radius 1 is 1.28 bits per heavy atom. The summed E-state index contributed by atoms with van der Waals surface area (Å²) in [5.74, 6) is 0.734. The van der Waals surface area contributed by atoms with Gasteiger partial charge in [-0.2, -0.15) is 0 Å². The quantitative estimate of drug-likeness (QED) is 0.722. The maximum absolute atomic E-state index is 3.54. The van der Waals surface area contributed by atoms with Crippen LogP contribution >= 0.6 is 15.9 Å². The summed E-state index contributed by atoms with van der Waals surface area (Å²) in [6, 6.07) is 8.64. The Bertz CT molecular complexity index is 358. The molecule has 1 rings (SSSR count). The average molecular weight is 312 g/mol. The van der Waals surface area contributed by atoms with E-state index in [1.54, 1.807) is 0 Å². The van der Waals surface area contributed by atoms with Crippen molar-refractivity contribution in [1.29, 1.82) is 0 Å². The van der Waals surface area contributed by atoms with Crippen LogP contribution in [0.1, 0.15) is 39.7 Å². The molecule has 102 valence electrons. The van der Waals surface area contributed by atoms with Crippen molar-refractivity contribution in [3.05, 3.63) is 34.3 Å². The van der Waals surface area contributed by atoms with Gasteiger partial charge < -0.3 is 5.32 Å². The molecule has 0 fully saturated rings. The Labute approximate surface area is 120 Å². The second-order valence-electron chi connectivity index (χ2n) is 6.32. The predicted octanol–water partition coefficient (Wildman–Crippen LogP) is 4.65. The van der Waals surface area contributed by atoms with Crippen LogP contribution in [-0.4, -0.2) is 13.1 Å². The normalized spacial score (nSPS) is 12.1. The lowest BCUT2D eigenvalue weighted by atomic mass is 9.82. The van der Waals surface area contributed by atoms with Gasteiger partial charge in [0, 0.05) is 4.47 Å². The monoisotopic (exact) mass is 311 g/mol. The lowest BCUT2D eigenvalue weighted by Gasteiger charge is -2.25. The van der Waals surface area contributed by atoms with E-state index in [1.807, 2.05) is 0 Å². The van der Waals surface area contributed by atoms with Gasteiger partial charge in [0.25, 0.3) is 0 Å². The van der Waals surface area contributed by atoms with E-state index in [-0.39, 0.29) is 0 Å². The van der Waals surface area contributed by atoms with Crippen molar-refractivity contribution >= 4 is 15.9 Å². The van der Waals surface area contributed by atoms with Crippen LogP contribution in [-0.2, 0) is 6.42 Å². The van der Waals surface area contributed by atoms with Crippen LogP contribution in [0, 0.1) is 11.3 Å². The third-order valence-electron chi connectivity index (χ3n) is 3.10. The highest BCUT2D eigenvalue weighted by atomic mass is 79.9. The zero-order valence-corrected chi connectivity index (χ0v) is 13.7. The SMILES string of the molecule is CC(C)CNCCC(C)(C)Cc1cccc(Br)c1. The molecule has 0 spiro atoms. The van der Waals surface area contributed by atoms with Crippen LogP contribution in [0.4, 0.5) is 0 Å². The summed E-state index contributed by atoms with van der Waals surface area (Å²) < 4.78 is 1.17. The summed E-state index contributed by atoms with van der Waals surface area (Å²) in [4.78, 5) is 0. The van der Waals surface area contributed by atoms with Gasteiger partial charge in [-0.25, -0.2) is 0 Å². The molecule has 0 heterocycles. The first-order valence-electron chi connectivity index (χ1n) is 6.84. The minimum Gasteiger partial charge on any atom is -0.316 e. The summed E-state index contributed by atoms with van der Waals surface area (Å²) in [6.07, 6.45) is 2.35. The third-order valence-corrected chi connectivity index (χ3v) is 3.60. The Kier molecular flexibility index (Phi) is 6.37. The van der Waals surface area contributed by atoms with Gasteiger partial charge in [0.1, 0.15) is 0 Å². The van der Waals surface area contributed by atoms with E-state index >= 15 is 0 Å². The fourth-order valence-electron chi connectivity index (χ4n) is 2.11. The minimum absolute atomic E-state index is 0.352. The maximum Gasteiger partial charge on any atom is 0.0177 e. The summed E-state index contributed by atoms with van der Waals surface area (Å²) in [5.41, 5.74) is 1.77. The summed E-state index contributed by atoms with van der Waals surface area (Å²) in [5, 5.41) is 3.53. The van der Waals surface area contributed by atoms with E-state index in [0.29, 0.717) is 5.41 Å². The Hall–Kier alpha value is -0.340. The summed E-state index contributed by atoms with van der Waals surface area (Å²) >= 11 is 3.54. The van der Waals surface area contributed by atoms with Crippen LogP contribution in [0.2, 0.25) is 0 Å². The molecule has 1 N–H and O–H groups in total. The van der Waals surface area contributed by atoms with E-state index in [9.17, 15) is 0 Å². The zero-order valence-electron chi connectivity index (χ0n) is 12.1. The molecule has 1 aromatic carbocycles. The van der Waals surface area contributed by atoms with Gasteiger partial charge in [-0.15, -0.1) is 0 Å². The molecule has 0 aromatic heterocycles. The molecule has 0 unspecified atom stereocenters. The number of hydrogen-bond donors (Lipinski definition) is 1. The number of rotatable bonds is 7. The number of benzene rings is 1. The molecule has 0 saturated carbocycles. The molecule has 0 aliphatic rings. The van der Waals surface area contributed by atoms with Crippen molar-refractivity contribution in [3.8, 4) is 0 Å². The molecule has 0 saturated heterocycles. The van der Waals surface area contributed by atoms with Crippen molar-refractivity contribution < 1.29 is 0 Å². The number of nitrogens with one attached hydrogen (secondary N) is 1. The van der Waals surface area contributed by atoms with Crippen LogP contribution < -0.4 is 5.32 Å². The minimum atomic E-state index is 0.352. The average Bonchev–Trinajstić information content (AvgIpc) is 2.23. The lowest BCUT2D eigenvalue weighted by molar-refractivity contribution is 0.322. The number of halogens is 1. The number of hydrogen-bond acceptors (Lipinski definition) is 1. The largest absolute Gasteiger partial charge is 0.316 e. The highest BCUT2D eigenvalue weighted by molar-refractivity contribution is 9.10. The predicted molar refractivity (Wildman–Crippen MR) is 84.0 cm³/mol. The van der Waals surface area contributed by atoms with Gasteiger partial charge in [-0.3, -0.25) is 0 Å². The first-order chi connectivity index (χ1) is 8.39. The molecule has 0 atom stereocenters. The van der Waals surface area contributed by atoms with E-state index < -0.39 is 0 Å². The molecule has 0 aliphatic carbocycles. The van der Waals surface area contributed by atoms with Crippen molar-refractivity contribution in [2.45, 2.75) is 40.5 Å². The van der Waals surface area contributed by atoms with Gasteiger partial charge in [-0.05, 0) is 55.0 Å². The van der Waals surface area contributed by atoms with Crippen molar-refractivity contribution in [2.24, 2.45) is 11.3 Å². The molecule has 0 amide bonds. The fraction of sp³-hybridized carbons (Fsp3) is 0.625. The molecular weight excluding hydrogens is 286 g/mol. The topological polar surface area (TPSA) is 12.0 Å². The van der Waals surface area contributed by atoms with Crippen LogP contribution in [0.15, 0.2) is 28.7 Å². The van der Waals surface area contributed by atoms with Crippen molar-refractivity contribution in [3.63, 3.8) is 0 Å². The van der Waals surface area contributed by atoms with E-state index in [4.69, 9.17) is 0 Å². The van der Waals surface area contributed by atoms with Gasteiger partial charge in [0.2, 0.25) is 0 Å². The van der Waals surface area contributed by atoms with Gasteiger partial charge in [0.05, 0.1) is 0 Å². The lowest BCUT2D eigenvalue weighted by Crippen LogP contribution is -2.26. The van der Waals surface area contributed by atoms with E-state index in [1.165, 1.54) is 16.5 Å². The molecule has 0 bridgehead atoms. The van der Waals surface area contributed by atoms with Crippen LogP contribution in [0.25, 0.3) is 0 Å². The zero-order chi connectivity index (χ0) is 13.6. The first kappa shape index (κ1) is 15.7. The van der Waals surface area contributed by atoms with Gasteiger partial charge in [-0.1, -0.05) is 55.8 Å². The smallest absolute Gasteiger partial charge is 0.0177 e. The molecule has 2 heteroatoms. The third kappa shape index (κ3) is 6.55. The van der Waals surface area contributed by atoms with Crippen molar-refractivity contribution in [1.82, 2.24) is 5.32 Å². The Morgan fingerprint density at radius 3 is 2.61 bits per heavy atom. The van der Waals surface area contributed by atoms with Crippen LogP contribution in [0.3, 0.4) is 0 Å². The summed E-state index contributed by atoms with van der Waals surface area (Å²) in [6.45, 7) is 11.4. The molecular formula is C16H26BrN. The highest BCUT2D eigenvalue weighted by Crippen LogP contribution is 2.26. The van der Waals surface area contributed by atoms with E-state index in [0.717, 1.165) is 25.4 Å².